The molecule has 0 aromatic heterocycles. The van der Waals surface area contributed by atoms with E-state index in [9.17, 15) is 0 Å². The summed E-state index contributed by atoms with van der Waals surface area (Å²) in [5.41, 5.74) is 0.300. The zero-order valence-corrected chi connectivity index (χ0v) is 8.85. The molecule has 1 heterocycles. The quantitative estimate of drug-likeness (QED) is 0.672. The van der Waals surface area contributed by atoms with Crippen molar-refractivity contribution in [3.05, 3.63) is 0 Å². The molecule has 1 rings (SSSR count). The molecule has 0 aromatic carbocycles. The smallest absolute Gasteiger partial charge is 0.0162 e. The molecule has 0 aliphatic carbocycles. The molecule has 0 spiro atoms. The molecule has 1 unspecified atom stereocenters. The van der Waals surface area contributed by atoms with Gasteiger partial charge in [0.15, 0.2) is 0 Å². The minimum absolute atomic E-state index is 0.300. The van der Waals surface area contributed by atoms with Crippen molar-refractivity contribution in [2.45, 2.75) is 32.2 Å². The lowest BCUT2D eigenvalue weighted by molar-refractivity contribution is 0.137. The Bertz CT molecular complexity index is 143. The molecule has 0 amide bonds. The van der Waals surface area contributed by atoms with Gasteiger partial charge in [-0.3, -0.25) is 0 Å². The van der Waals surface area contributed by atoms with Crippen LogP contribution in [0.5, 0.6) is 0 Å². The highest BCUT2D eigenvalue weighted by molar-refractivity contribution is 4.88. The fraction of sp³-hybridized carbons (Fsp3) is 1.00. The van der Waals surface area contributed by atoms with Gasteiger partial charge in [0.05, 0.1) is 0 Å². The first-order chi connectivity index (χ1) is 5.56. The van der Waals surface area contributed by atoms with Crippen LogP contribution >= 0.6 is 0 Å². The lowest BCUT2D eigenvalue weighted by Crippen LogP contribution is -2.50. The maximum Gasteiger partial charge on any atom is 0.0162 e. The molecule has 0 radical (unpaired) electrons. The maximum absolute atomic E-state index is 3.40. The van der Waals surface area contributed by atoms with Crippen molar-refractivity contribution >= 4 is 0 Å². The molecular weight excluding hydrogens is 148 g/mol. The van der Waals surface area contributed by atoms with Crippen LogP contribution in [0.1, 0.15) is 26.7 Å². The SMILES string of the molecule is CNC(C)(C)C1CCCN(C)C1. The third kappa shape index (κ3) is 2.20. The Morgan fingerprint density at radius 1 is 1.42 bits per heavy atom. The van der Waals surface area contributed by atoms with Gasteiger partial charge in [0.2, 0.25) is 0 Å². The van der Waals surface area contributed by atoms with Crippen molar-refractivity contribution in [1.29, 1.82) is 0 Å². The predicted molar refractivity (Wildman–Crippen MR) is 53.4 cm³/mol. The van der Waals surface area contributed by atoms with Gasteiger partial charge in [-0.05, 0) is 53.2 Å². The third-order valence-corrected chi connectivity index (χ3v) is 3.29. The van der Waals surface area contributed by atoms with Crippen molar-refractivity contribution in [1.82, 2.24) is 10.2 Å². The minimum Gasteiger partial charge on any atom is -0.314 e. The summed E-state index contributed by atoms with van der Waals surface area (Å²) in [5.74, 6) is 0.807. The number of hydrogen-bond donors (Lipinski definition) is 1. The highest BCUT2D eigenvalue weighted by atomic mass is 15.1. The Hall–Kier alpha value is -0.0800. The van der Waals surface area contributed by atoms with Crippen molar-refractivity contribution in [2.24, 2.45) is 5.92 Å². The highest BCUT2D eigenvalue weighted by Gasteiger charge is 2.30. The van der Waals surface area contributed by atoms with Crippen LogP contribution in [0.3, 0.4) is 0 Å². The van der Waals surface area contributed by atoms with Crippen LogP contribution in [0, 0.1) is 5.92 Å². The molecule has 1 aliphatic rings. The minimum atomic E-state index is 0.300. The Balaban J connectivity index is 2.50. The summed E-state index contributed by atoms with van der Waals surface area (Å²) in [7, 11) is 4.28. The first-order valence-electron chi connectivity index (χ1n) is 4.93. The highest BCUT2D eigenvalue weighted by Crippen LogP contribution is 2.25. The van der Waals surface area contributed by atoms with Gasteiger partial charge < -0.3 is 10.2 Å². The summed E-state index contributed by atoms with van der Waals surface area (Å²) in [6.45, 7) is 7.12. The summed E-state index contributed by atoms with van der Waals surface area (Å²) in [4.78, 5) is 2.44. The van der Waals surface area contributed by atoms with Crippen LogP contribution in [0.4, 0.5) is 0 Å². The average Bonchev–Trinajstić information content (AvgIpc) is 2.05. The molecule has 2 heteroatoms. The number of rotatable bonds is 2. The summed E-state index contributed by atoms with van der Waals surface area (Å²) in [6, 6.07) is 0. The number of piperidine rings is 1. The average molecular weight is 170 g/mol. The van der Waals surface area contributed by atoms with E-state index in [2.05, 4.69) is 38.2 Å². The summed E-state index contributed by atoms with van der Waals surface area (Å²) in [5, 5.41) is 3.40. The molecule has 0 bridgehead atoms. The maximum atomic E-state index is 3.40. The monoisotopic (exact) mass is 170 g/mol. The Kier molecular flexibility index (Phi) is 3.13. The summed E-state index contributed by atoms with van der Waals surface area (Å²) in [6.07, 6.45) is 2.73. The fourth-order valence-electron chi connectivity index (χ4n) is 1.96. The molecule has 2 nitrogen and oxygen atoms in total. The van der Waals surface area contributed by atoms with E-state index in [0.717, 1.165) is 5.92 Å². The second-order valence-corrected chi connectivity index (χ2v) is 4.57. The normalized spacial score (nSPS) is 27.5. The van der Waals surface area contributed by atoms with Crippen molar-refractivity contribution in [3.63, 3.8) is 0 Å². The molecule has 1 atom stereocenters. The Labute approximate surface area is 76.3 Å². The first kappa shape index (κ1) is 10.0. The van der Waals surface area contributed by atoms with Gasteiger partial charge in [0.25, 0.3) is 0 Å². The van der Waals surface area contributed by atoms with Crippen molar-refractivity contribution in [3.8, 4) is 0 Å². The predicted octanol–water partition coefficient (Wildman–Crippen LogP) is 1.33. The van der Waals surface area contributed by atoms with Crippen molar-refractivity contribution < 1.29 is 0 Å². The van der Waals surface area contributed by atoms with Gasteiger partial charge in [-0.25, -0.2) is 0 Å². The number of likely N-dealkylation sites (tertiary alicyclic amines) is 1. The van der Waals surface area contributed by atoms with Crippen LogP contribution in [0.2, 0.25) is 0 Å². The lowest BCUT2D eigenvalue weighted by atomic mass is 9.82. The molecule has 72 valence electrons. The second kappa shape index (κ2) is 3.75. The van der Waals surface area contributed by atoms with E-state index in [-0.39, 0.29) is 0 Å². The topological polar surface area (TPSA) is 15.3 Å². The van der Waals surface area contributed by atoms with Crippen LogP contribution in [-0.2, 0) is 0 Å². The molecule has 1 saturated heterocycles. The standard InChI is InChI=1S/C10H22N2/c1-10(2,11-3)9-6-5-7-12(4)8-9/h9,11H,5-8H2,1-4H3. The molecule has 1 fully saturated rings. The molecular formula is C10H22N2. The molecule has 1 aliphatic heterocycles. The van der Waals surface area contributed by atoms with E-state index in [1.54, 1.807) is 0 Å². The first-order valence-corrected chi connectivity index (χ1v) is 4.93. The Morgan fingerprint density at radius 2 is 2.08 bits per heavy atom. The zero-order valence-electron chi connectivity index (χ0n) is 8.85. The largest absolute Gasteiger partial charge is 0.314 e. The van der Waals surface area contributed by atoms with Gasteiger partial charge in [-0.1, -0.05) is 0 Å². The van der Waals surface area contributed by atoms with Crippen LogP contribution in [0.15, 0.2) is 0 Å². The van der Waals surface area contributed by atoms with E-state index in [0.29, 0.717) is 5.54 Å². The van der Waals surface area contributed by atoms with E-state index in [1.807, 2.05) is 0 Å². The van der Waals surface area contributed by atoms with Gasteiger partial charge in [0.1, 0.15) is 0 Å². The van der Waals surface area contributed by atoms with Crippen LogP contribution in [-0.4, -0.2) is 37.6 Å². The number of hydrogen-bond acceptors (Lipinski definition) is 2. The zero-order chi connectivity index (χ0) is 9.19. The van der Waals surface area contributed by atoms with E-state index in [1.165, 1.54) is 25.9 Å². The number of nitrogens with one attached hydrogen (secondary N) is 1. The Morgan fingerprint density at radius 3 is 2.58 bits per heavy atom. The fourth-order valence-corrected chi connectivity index (χ4v) is 1.96. The third-order valence-electron chi connectivity index (χ3n) is 3.29. The number of nitrogens with zero attached hydrogens (tertiary/aromatic N) is 1. The summed E-state index contributed by atoms with van der Waals surface area (Å²) < 4.78 is 0. The lowest BCUT2D eigenvalue weighted by Gasteiger charge is -2.40. The second-order valence-electron chi connectivity index (χ2n) is 4.57. The molecule has 1 N–H and O–H groups in total. The van der Waals surface area contributed by atoms with E-state index in [4.69, 9.17) is 0 Å². The molecule has 12 heavy (non-hydrogen) atoms. The summed E-state index contributed by atoms with van der Waals surface area (Å²) >= 11 is 0. The van der Waals surface area contributed by atoms with E-state index < -0.39 is 0 Å². The van der Waals surface area contributed by atoms with Gasteiger partial charge >= 0.3 is 0 Å². The van der Waals surface area contributed by atoms with E-state index >= 15 is 0 Å². The van der Waals surface area contributed by atoms with Crippen LogP contribution in [0.25, 0.3) is 0 Å². The van der Waals surface area contributed by atoms with Gasteiger partial charge in [-0.15, -0.1) is 0 Å². The van der Waals surface area contributed by atoms with Gasteiger partial charge in [-0.2, -0.15) is 0 Å². The van der Waals surface area contributed by atoms with Crippen molar-refractivity contribution in [2.75, 3.05) is 27.2 Å². The molecule has 0 saturated carbocycles. The van der Waals surface area contributed by atoms with Gasteiger partial charge in [0, 0.05) is 12.1 Å². The van der Waals surface area contributed by atoms with Crippen LogP contribution < -0.4 is 5.32 Å². The molecule has 0 aromatic rings.